The van der Waals surface area contributed by atoms with Crippen LogP contribution in [0.5, 0.6) is 0 Å². The van der Waals surface area contributed by atoms with Crippen molar-refractivity contribution in [2.75, 3.05) is 24.4 Å². The molecule has 1 aromatic heterocycles. The minimum atomic E-state index is -0.470. The third-order valence-corrected chi connectivity index (χ3v) is 3.89. The first-order valence-electron chi connectivity index (χ1n) is 8.19. The van der Waals surface area contributed by atoms with E-state index in [1.807, 2.05) is 42.3 Å². The molecule has 1 N–H and O–H groups in total. The van der Waals surface area contributed by atoms with E-state index >= 15 is 0 Å². The van der Waals surface area contributed by atoms with Gasteiger partial charge in [-0.15, -0.1) is 0 Å². The summed E-state index contributed by atoms with van der Waals surface area (Å²) in [6.45, 7) is 0. The number of esters is 1. The van der Waals surface area contributed by atoms with E-state index in [-0.39, 0.29) is 5.91 Å². The van der Waals surface area contributed by atoms with Crippen LogP contribution in [0.4, 0.5) is 17.3 Å². The van der Waals surface area contributed by atoms with Crippen LogP contribution in [-0.4, -0.2) is 36.0 Å². The minimum Gasteiger partial charge on any atom is -0.465 e. The van der Waals surface area contributed by atoms with Gasteiger partial charge in [0.15, 0.2) is 0 Å². The van der Waals surface area contributed by atoms with Gasteiger partial charge in [-0.05, 0) is 30.3 Å². The fraction of sp³-hybridized carbons (Fsp3) is 0.100. The van der Waals surface area contributed by atoms with Crippen molar-refractivity contribution in [1.29, 1.82) is 0 Å². The highest BCUT2D eigenvalue weighted by atomic mass is 16.5. The fourth-order valence-electron chi connectivity index (χ4n) is 2.42. The molecule has 1 heterocycles. The average Bonchev–Trinajstić information content (AvgIpc) is 2.73. The Hall–Kier alpha value is -3.74. The van der Waals surface area contributed by atoms with Crippen LogP contribution < -0.4 is 10.2 Å². The van der Waals surface area contributed by atoms with Crippen molar-refractivity contribution in [2.45, 2.75) is 0 Å². The summed E-state index contributed by atoms with van der Waals surface area (Å²) in [5.74, 6) is -0.362. The van der Waals surface area contributed by atoms with Crippen LogP contribution in [0.25, 0.3) is 0 Å². The number of rotatable bonds is 5. The van der Waals surface area contributed by atoms with Gasteiger partial charge < -0.3 is 15.0 Å². The molecule has 136 valence electrons. The van der Waals surface area contributed by atoms with Gasteiger partial charge in [0.2, 0.25) is 5.95 Å². The van der Waals surface area contributed by atoms with Crippen molar-refractivity contribution in [3.63, 3.8) is 0 Å². The second-order valence-electron chi connectivity index (χ2n) is 5.69. The molecule has 27 heavy (non-hydrogen) atoms. The molecule has 1 amide bonds. The summed E-state index contributed by atoms with van der Waals surface area (Å²) in [5, 5.41) is 2.72. The number of carbonyl (C=O) groups is 2. The van der Waals surface area contributed by atoms with Crippen molar-refractivity contribution in [1.82, 2.24) is 9.97 Å². The lowest BCUT2D eigenvalue weighted by Crippen LogP contribution is -2.16. The Morgan fingerprint density at radius 1 is 0.963 bits per heavy atom. The van der Waals surface area contributed by atoms with Crippen LogP contribution in [0.2, 0.25) is 0 Å². The van der Waals surface area contributed by atoms with Gasteiger partial charge in [0.05, 0.1) is 18.2 Å². The SMILES string of the molecule is COC(=O)c1cccc(NC(=O)c2cnc(N(C)c3ccccc3)nc2)c1. The number of anilines is 3. The van der Waals surface area contributed by atoms with Crippen molar-refractivity contribution in [3.05, 3.63) is 78.1 Å². The Labute approximate surface area is 156 Å². The van der Waals surface area contributed by atoms with Gasteiger partial charge in [0, 0.05) is 30.8 Å². The van der Waals surface area contributed by atoms with Crippen LogP contribution in [0, 0.1) is 0 Å². The minimum absolute atomic E-state index is 0.309. The number of hydrogen-bond donors (Lipinski definition) is 1. The Kier molecular flexibility index (Phi) is 5.41. The molecule has 0 saturated heterocycles. The number of carbonyl (C=O) groups excluding carboxylic acids is 2. The molecule has 0 aliphatic carbocycles. The van der Waals surface area contributed by atoms with Crippen molar-refractivity contribution in [3.8, 4) is 0 Å². The molecule has 0 aliphatic rings. The Morgan fingerprint density at radius 3 is 2.33 bits per heavy atom. The molecule has 0 atom stereocenters. The van der Waals surface area contributed by atoms with E-state index in [1.165, 1.54) is 19.5 Å². The predicted octanol–water partition coefficient (Wildman–Crippen LogP) is 3.28. The molecular weight excluding hydrogens is 344 g/mol. The number of ether oxygens (including phenoxy) is 1. The molecule has 3 aromatic rings. The third kappa shape index (κ3) is 4.27. The molecule has 7 heteroatoms. The van der Waals surface area contributed by atoms with E-state index in [2.05, 4.69) is 20.0 Å². The molecule has 0 saturated carbocycles. The fourth-order valence-corrected chi connectivity index (χ4v) is 2.42. The number of aromatic nitrogens is 2. The summed E-state index contributed by atoms with van der Waals surface area (Å²) >= 11 is 0. The number of nitrogens with one attached hydrogen (secondary N) is 1. The maximum atomic E-state index is 12.4. The van der Waals surface area contributed by atoms with Crippen LogP contribution in [0.3, 0.4) is 0 Å². The van der Waals surface area contributed by atoms with E-state index in [0.29, 0.717) is 22.8 Å². The van der Waals surface area contributed by atoms with Crippen molar-refractivity contribution in [2.24, 2.45) is 0 Å². The number of nitrogens with zero attached hydrogens (tertiary/aromatic N) is 3. The average molecular weight is 362 g/mol. The lowest BCUT2D eigenvalue weighted by Gasteiger charge is -2.16. The van der Waals surface area contributed by atoms with Crippen LogP contribution >= 0.6 is 0 Å². The van der Waals surface area contributed by atoms with E-state index in [4.69, 9.17) is 0 Å². The molecule has 0 spiro atoms. The van der Waals surface area contributed by atoms with Crippen LogP contribution in [-0.2, 0) is 4.74 Å². The summed E-state index contributed by atoms with van der Waals surface area (Å²) in [5.41, 5.74) is 2.08. The van der Waals surface area contributed by atoms with Gasteiger partial charge >= 0.3 is 5.97 Å². The first-order valence-corrected chi connectivity index (χ1v) is 8.19. The zero-order valence-corrected chi connectivity index (χ0v) is 14.9. The Balaban J connectivity index is 1.72. The molecule has 2 aromatic carbocycles. The monoisotopic (exact) mass is 362 g/mol. The topological polar surface area (TPSA) is 84.4 Å². The van der Waals surface area contributed by atoms with Gasteiger partial charge in [0.1, 0.15) is 0 Å². The first-order chi connectivity index (χ1) is 13.1. The van der Waals surface area contributed by atoms with Crippen molar-refractivity contribution >= 4 is 29.2 Å². The Morgan fingerprint density at radius 2 is 1.67 bits per heavy atom. The third-order valence-electron chi connectivity index (χ3n) is 3.89. The lowest BCUT2D eigenvalue weighted by molar-refractivity contribution is 0.0600. The van der Waals surface area contributed by atoms with Crippen LogP contribution in [0.15, 0.2) is 67.0 Å². The number of methoxy groups -OCH3 is 1. The smallest absolute Gasteiger partial charge is 0.337 e. The molecule has 0 bridgehead atoms. The van der Waals surface area contributed by atoms with Crippen LogP contribution in [0.1, 0.15) is 20.7 Å². The summed E-state index contributed by atoms with van der Waals surface area (Å²) in [6.07, 6.45) is 2.92. The van der Waals surface area contributed by atoms with E-state index in [0.717, 1.165) is 5.69 Å². The highest BCUT2D eigenvalue weighted by Gasteiger charge is 2.12. The molecule has 7 nitrogen and oxygen atoms in total. The van der Waals surface area contributed by atoms with Gasteiger partial charge in [-0.3, -0.25) is 4.79 Å². The largest absolute Gasteiger partial charge is 0.465 e. The van der Waals surface area contributed by atoms with Gasteiger partial charge in [-0.1, -0.05) is 24.3 Å². The maximum Gasteiger partial charge on any atom is 0.337 e. The summed E-state index contributed by atoms with van der Waals surface area (Å²) in [4.78, 5) is 34.3. The second-order valence-corrected chi connectivity index (χ2v) is 5.69. The Bertz CT molecular complexity index is 943. The summed E-state index contributed by atoms with van der Waals surface area (Å²) in [6, 6.07) is 16.2. The van der Waals surface area contributed by atoms with Gasteiger partial charge in [-0.25, -0.2) is 14.8 Å². The summed E-state index contributed by atoms with van der Waals surface area (Å²) in [7, 11) is 3.15. The lowest BCUT2D eigenvalue weighted by atomic mass is 10.2. The van der Waals surface area contributed by atoms with Gasteiger partial charge in [0.25, 0.3) is 5.91 Å². The van der Waals surface area contributed by atoms with E-state index < -0.39 is 5.97 Å². The highest BCUT2D eigenvalue weighted by molar-refractivity contribution is 6.04. The predicted molar refractivity (Wildman–Crippen MR) is 102 cm³/mol. The molecule has 0 unspecified atom stereocenters. The zero-order valence-electron chi connectivity index (χ0n) is 14.9. The van der Waals surface area contributed by atoms with E-state index in [1.54, 1.807) is 24.3 Å². The first kappa shape index (κ1) is 18.1. The maximum absolute atomic E-state index is 12.4. The normalized spacial score (nSPS) is 10.1. The molecule has 0 fully saturated rings. The standard InChI is InChI=1S/C20H18N4O3/c1-24(17-9-4-3-5-10-17)20-21-12-15(13-22-20)18(25)23-16-8-6-7-14(11-16)19(26)27-2/h3-13H,1-2H3,(H,23,25). The number of amides is 1. The quantitative estimate of drug-likeness (QED) is 0.701. The van der Waals surface area contributed by atoms with Crippen molar-refractivity contribution < 1.29 is 14.3 Å². The molecule has 0 radical (unpaired) electrons. The number of para-hydroxylation sites is 1. The number of hydrogen-bond acceptors (Lipinski definition) is 6. The number of benzene rings is 2. The molecule has 0 aliphatic heterocycles. The second kappa shape index (κ2) is 8.09. The summed E-state index contributed by atoms with van der Waals surface area (Å²) < 4.78 is 4.68. The zero-order chi connectivity index (χ0) is 19.2. The highest BCUT2D eigenvalue weighted by Crippen LogP contribution is 2.19. The van der Waals surface area contributed by atoms with Gasteiger partial charge in [-0.2, -0.15) is 0 Å². The van der Waals surface area contributed by atoms with E-state index in [9.17, 15) is 9.59 Å². The molecule has 3 rings (SSSR count). The molecular formula is C20H18N4O3.